The summed E-state index contributed by atoms with van der Waals surface area (Å²) in [6.07, 6.45) is 2.97. The predicted molar refractivity (Wildman–Crippen MR) is 85.6 cm³/mol. The van der Waals surface area contributed by atoms with Crippen molar-refractivity contribution in [1.29, 1.82) is 0 Å². The molecule has 114 valence electrons. The Balaban J connectivity index is 2.68. The average Bonchev–Trinajstić information content (AvgIpc) is 2.68. The summed E-state index contributed by atoms with van der Waals surface area (Å²) in [5.41, 5.74) is 0. The summed E-state index contributed by atoms with van der Waals surface area (Å²) in [6.45, 7) is 6.84. The highest BCUT2D eigenvalue weighted by Crippen LogP contribution is 2.27. The number of carbonyl (C=O) groups excluding carboxylic acids is 2. The van der Waals surface area contributed by atoms with Crippen LogP contribution in [-0.4, -0.2) is 36.0 Å². The summed E-state index contributed by atoms with van der Waals surface area (Å²) < 4.78 is 6.10. The molecule has 1 fully saturated rings. The van der Waals surface area contributed by atoms with Gasteiger partial charge in [0.25, 0.3) is 0 Å². The summed E-state index contributed by atoms with van der Waals surface area (Å²) in [5.74, 6) is 0.145. The molecule has 0 aliphatic carbocycles. The fourth-order valence-corrected chi connectivity index (χ4v) is 2.96. The summed E-state index contributed by atoms with van der Waals surface area (Å²) in [7, 11) is 0. The molecule has 0 saturated carbocycles. The molecule has 0 aromatic rings. The highest BCUT2D eigenvalue weighted by molar-refractivity contribution is 9.28. The Labute approximate surface area is 137 Å². The van der Waals surface area contributed by atoms with Crippen LogP contribution in [0.4, 0.5) is 0 Å². The average molecular weight is 411 g/mol. The lowest BCUT2D eigenvalue weighted by atomic mass is 10.1. The fourth-order valence-electron chi connectivity index (χ4n) is 2.21. The molecule has 1 aliphatic rings. The van der Waals surface area contributed by atoms with Gasteiger partial charge in [0.2, 0.25) is 5.91 Å². The Morgan fingerprint density at radius 2 is 2.15 bits per heavy atom. The quantitative estimate of drug-likeness (QED) is 0.630. The summed E-state index contributed by atoms with van der Waals surface area (Å²) in [6, 6.07) is -0.464. The Bertz CT molecular complexity index is 392. The molecule has 20 heavy (non-hydrogen) atoms. The number of ether oxygens (including phenoxy) is 1. The molecule has 1 amide bonds. The van der Waals surface area contributed by atoms with Gasteiger partial charge in [-0.3, -0.25) is 4.79 Å². The molecule has 0 spiro atoms. The SMILES string of the molecule is CC[C@@H](C(=O)OCC(C)C)N1CC(C=C(Br)Br)CC1=O. The van der Waals surface area contributed by atoms with Crippen molar-refractivity contribution in [1.82, 2.24) is 4.90 Å². The Morgan fingerprint density at radius 1 is 1.50 bits per heavy atom. The third kappa shape index (κ3) is 5.20. The topological polar surface area (TPSA) is 46.6 Å². The molecule has 1 heterocycles. The van der Waals surface area contributed by atoms with Crippen molar-refractivity contribution in [3.05, 3.63) is 9.47 Å². The first-order valence-corrected chi connectivity index (χ1v) is 8.42. The third-order valence-corrected chi connectivity index (χ3v) is 3.67. The lowest BCUT2D eigenvalue weighted by molar-refractivity contribution is -0.154. The van der Waals surface area contributed by atoms with Gasteiger partial charge in [-0.1, -0.05) is 26.8 Å². The van der Waals surface area contributed by atoms with Gasteiger partial charge >= 0.3 is 5.97 Å². The highest BCUT2D eigenvalue weighted by Gasteiger charge is 2.36. The summed E-state index contributed by atoms with van der Waals surface area (Å²) >= 11 is 6.61. The van der Waals surface area contributed by atoms with Crippen LogP contribution in [-0.2, 0) is 14.3 Å². The molecular weight excluding hydrogens is 390 g/mol. The van der Waals surface area contributed by atoms with E-state index in [2.05, 4.69) is 31.9 Å². The van der Waals surface area contributed by atoms with E-state index in [0.717, 1.165) is 3.39 Å². The van der Waals surface area contributed by atoms with Crippen LogP contribution >= 0.6 is 31.9 Å². The van der Waals surface area contributed by atoms with Crippen molar-refractivity contribution in [2.24, 2.45) is 11.8 Å². The van der Waals surface area contributed by atoms with E-state index >= 15 is 0 Å². The predicted octanol–water partition coefficient (Wildman–Crippen LogP) is 3.44. The molecule has 4 nitrogen and oxygen atoms in total. The number of rotatable bonds is 6. The number of hydrogen-bond donors (Lipinski definition) is 0. The Hall–Kier alpha value is -0.360. The van der Waals surface area contributed by atoms with Crippen LogP contribution < -0.4 is 0 Å². The van der Waals surface area contributed by atoms with Crippen LogP contribution in [0.25, 0.3) is 0 Å². The van der Waals surface area contributed by atoms with Crippen molar-refractivity contribution in [2.75, 3.05) is 13.2 Å². The smallest absolute Gasteiger partial charge is 0.328 e. The van der Waals surface area contributed by atoms with Gasteiger partial charge in [0.1, 0.15) is 6.04 Å². The lowest BCUT2D eigenvalue weighted by Crippen LogP contribution is -2.43. The van der Waals surface area contributed by atoms with Crippen LogP contribution in [0.2, 0.25) is 0 Å². The lowest BCUT2D eigenvalue weighted by Gasteiger charge is -2.25. The van der Waals surface area contributed by atoms with E-state index in [-0.39, 0.29) is 17.8 Å². The molecule has 6 heteroatoms. The largest absolute Gasteiger partial charge is 0.464 e. The first kappa shape index (κ1) is 17.7. The molecule has 0 N–H and O–H groups in total. The van der Waals surface area contributed by atoms with Gasteiger partial charge in [-0.25, -0.2) is 4.79 Å². The zero-order valence-corrected chi connectivity index (χ0v) is 15.2. The highest BCUT2D eigenvalue weighted by atomic mass is 79.9. The van der Waals surface area contributed by atoms with Crippen molar-refractivity contribution in [2.45, 2.75) is 39.7 Å². The number of esters is 1. The minimum absolute atomic E-state index is 0.0147. The van der Waals surface area contributed by atoms with Gasteiger partial charge in [0.15, 0.2) is 0 Å². The molecule has 0 aromatic heterocycles. The monoisotopic (exact) mass is 409 g/mol. The molecule has 0 bridgehead atoms. The summed E-state index contributed by atoms with van der Waals surface area (Å²) in [4.78, 5) is 25.8. The van der Waals surface area contributed by atoms with Gasteiger partial charge in [0.05, 0.1) is 10.00 Å². The van der Waals surface area contributed by atoms with Crippen LogP contribution in [0, 0.1) is 11.8 Å². The third-order valence-electron chi connectivity index (χ3n) is 3.14. The number of halogens is 2. The van der Waals surface area contributed by atoms with E-state index in [4.69, 9.17) is 4.74 Å². The normalized spacial score (nSPS) is 20.2. The molecule has 0 radical (unpaired) electrons. The Morgan fingerprint density at radius 3 is 2.65 bits per heavy atom. The number of amides is 1. The molecule has 1 aliphatic heterocycles. The standard InChI is InChI=1S/C14H21Br2NO3/c1-4-11(14(19)20-8-9(2)3)17-7-10(5-12(15)16)6-13(17)18/h5,9-11H,4,6-8H2,1-3H3/t10?,11-/m0/s1. The Kier molecular flexibility index (Phi) is 7.23. The van der Waals surface area contributed by atoms with Crippen molar-refractivity contribution >= 4 is 43.7 Å². The molecule has 1 unspecified atom stereocenters. The second-order valence-electron chi connectivity index (χ2n) is 5.41. The molecule has 2 atom stereocenters. The second kappa shape index (κ2) is 8.17. The van der Waals surface area contributed by atoms with E-state index in [0.29, 0.717) is 31.9 Å². The molecule has 1 saturated heterocycles. The maximum absolute atomic E-state index is 12.1. The number of hydrogen-bond acceptors (Lipinski definition) is 3. The number of likely N-dealkylation sites (tertiary alicyclic amines) is 1. The molecule has 1 rings (SSSR count). The van der Waals surface area contributed by atoms with E-state index in [9.17, 15) is 9.59 Å². The van der Waals surface area contributed by atoms with E-state index < -0.39 is 6.04 Å². The zero-order valence-electron chi connectivity index (χ0n) is 12.1. The van der Waals surface area contributed by atoms with Gasteiger partial charge in [-0.2, -0.15) is 0 Å². The second-order valence-corrected chi connectivity index (χ2v) is 8.19. The number of carbonyl (C=O) groups is 2. The van der Waals surface area contributed by atoms with Crippen LogP contribution in [0.1, 0.15) is 33.6 Å². The first-order valence-electron chi connectivity index (χ1n) is 6.84. The molecule has 0 aromatic carbocycles. The van der Waals surface area contributed by atoms with Crippen molar-refractivity contribution < 1.29 is 14.3 Å². The van der Waals surface area contributed by atoms with E-state index in [1.54, 1.807) is 4.90 Å². The number of nitrogens with zero attached hydrogens (tertiary/aromatic N) is 1. The maximum Gasteiger partial charge on any atom is 0.328 e. The summed E-state index contributed by atoms with van der Waals surface area (Å²) in [5, 5.41) is 0. The van der Waals surface area contributed by atoms with Crippen LogP contribution in [0.5, 0.6) is 0 Å². The fraction of sp³-hybridized carbons (Fsp3) is 0.714. The first-order chi connectivity index (χ1) is 9.35. The minimum atomic E-state index is -0.464. The molecular formula is C14H21Br2NO3. The van der Waals surface area contributed by atoms with Crippen LogP contribution in [0.3, 0.4) is 0 Å². The van der Waals surface area contributed by atoms with Gasteiger partial charge in [-0.15, -0.1) is 0 Å². The van der Waals surface area contributed by atoms with E-state index in [1.165, 1.54) is 0 Å². The van der Waals surface area contributed by atoms with E-state index in [1.807, 2.05) is 26.8 Å². The zero-order chi connectivity index (χ0) is 15.3. The maximum atomic E-state index is 12.1. The van der Waals surface area contributed by atoms with Crippen molar-refractivity contribution in [3.8, 4) is 0 Å². The van der Waals surface area contributed by atoms with Crippen molar-refractivity contribution in [3.63, 3.8) is 0 Å². The van der Waals surface area contributed by atoms with Crippen LogP contribution in [0.15, 0.2) is 9.47 Å². The minimum Gasteiger partial charge on any atom is -0.464 e. The van der Waals surface area contributed by atoms with Gasteiger partial charge < -0.3 is 9.64 Å². The van der Waals surface area contributed by atoms with Gasteiger partial charge in [-0.05, 0) is 44.2 Å². The van der Waals surface area contributed by atoms with Gasteiger partial charge in [0, 0.05) is 18.9 Å².